The van der Waals surface area contributed by atoms with Crippen LogP contribution in [0.1, 0.15) is 18.4 Å². The van der Waals surface area contributed by atoms with Crippen LogP contribution in [0.5, 0.6) is 11.5 Å². The summed E-state index contributed by atoms with van der Waals surface area (Å²) in [6, 6.07) is 11.0. The lowest BCUT2D eigenvalue weighted by molar-refractivity contribution is -0.121. The number of nitrogens with zero attached hydrogens (tertiary/aromatic N) is 3. The topological polar surface area (TPSA) is 54.4 Å². The summed E-state index contributed by atoms with van der Waals surface area (Å²) in [7, 11) is 0. The fourth-order valence-electron chi connectivity index (χ4n) is 3.94. The number of hydrogen-bond acceptors (Lipinski definition) is 6. The van der Waals surface area contributed by atoms with Crippen LogP contribution in [0, 0.1) is 0 Å². The highest BCUT2D eigenvalue weighted by molar-refractivity contribution is 8.93. The highest BCUT2D eigenvalue weighted by atomic mass is 79.9. The van der Waals surface area contributed by atoms with E-state index in [1.165, 1.54) is 0 Å². The van der Waals surface area contributed by atoms with Gasteiger partial charge in [-0.1, -0.05) is 35.0 Å². The number of hydrogen-bond donors (Lipinski definition) is 0. The molecule has 0 aliphatic carbocycles. The molecule has 0 fully saturated rings. The van der Waals surface area contributed by atoms with Crippen LogP contribution >= 0.6 is 51.9 Å². The minimum absolute atomic E-state index is 0. The summed E-state index contributed by atoms with van der Waals surface area (Å²) in [5.41, 5.74) is 2.64. The summed E-state index contributed by atoms with van der Waals surface area (Å²) < 4.78 is 11.7. The molecule has 0 aromatic heterocycles. The van der Waals surface area contributed by atoms with Crippen LogP contribution < -0.4 is 14.4 Å². The maximum atomic E-state index is 12.7. The molecule has 0 spiro atoms. The standard InChI is InChI=1S/C23H21Cl2N3O3S.BrH/c24-15-3-5-17(6-4-15)30-10-2-1-8-27-19-12-16(25)11-18(22(19)31-13-21(27)29)20-14-32-23-26-7-9-28(20)23;/h3-6,11-12,14H,1-2,7-10,13H2;1H. The normalized spacial score (nSPS) is 16.5. The minimum Gasteiger partial charge on any atom is -0.494 e. The van der Waals surface area contributed by atoms with Crippen molar-refractivity contribution in [3.05, 3.63) is 57.4 Å². The Kier molecular flexibility index (Phi) is 7.79. The monoisotopic (exact) mass is 569 g/mol. The molecule has 3 heterocycles. The van der Waals surface area contributed by atoms with Gasteiger partial charge in [0.1, 0.15) is 5.75 Å². The second-order valence-corrected chi connectivity index (χ2v) is 9.29. The van der Waals surface area contributed by atoms with Gasteiger partial charge in [0.25, 0.3) is 5.91 Å². The number of benzene rings is 2. The average molecular weight is 571 g/mol. The molecule has 3 aliphatic heterocycles. The van der Waals surface area contributed by atoms with Crippen molar-refractivity contribution in [2.24, 2.45) is 4.99 Å². The van der Waals surface area contributed by atoms with Crippen LogP contribution in [0.15, 0.2) is 46.8 Å². The smallest absolute Gasteiger partial charge is 0.265 e. The summed E-state index contributed by atoms with van der Waals surface area (Å²) >= 11 is 14.0. The van der Waals surface area contributed by atoms with Crippen LogP contribution in [0.2, 0.25) is 10.0 Å². The lowest BCUT2D eigenvalue weighted by Gasteiger charge is -2.32. The number of carbonyl (C=O) groups excluding carboxylic acids is 1. The van der Waals surface area contributed by atoms with Crippen LogP contribution in [0.25, 0.3) is 5.70 Å². The molecule has 10 heteroatoms. The number of thioether (sulfide) groups is 1. The van der Waals surface area contributed by atoms with E-state index in [0.717, 1.165) is 53.8 Å². The number of amides is 1. The quantitative estimate of drug-likeness (QED) is 0.389. The first-order chi connectivity index (χ1) is 15.6. The Balaban J connectivity index is 0.00000259. The zero-order valence-corrected chi connectivity index (χ0v) is 21.7. The number of carbonyl (C=O) groups is 1. The number of anilines is 1. The summed E-state index contributed by atoms with van der Waals surface area (Å²) in [6.45, 7) is 2.78. The molecule has 1 amide bonds. The van der Waals surface area contributed by atoms with Gasteiger partial charge in [-0.2, -0.15) is 0 Å². The summed E-state index contributed by atoms with van der Waals surface area (Å²) in [5.74, 6) is 1.42. The summed E-state index contributed by atoms with van der Waals surface area (Å²) in [5, 5.41) is 4.32. The van der Waals surface area contributed by atoms with E-state index in [9.17, 15) is 4.79 Å². The van der Waals surface area contributed by atoms with E-state index >= 15 is 0 Å². The van der Waals surface area contributed by atoms with Crippen molar-refractivity contribution in [1.82, 2.24) is 4.90 Å². The van der Waals surface area contributed by atoms with E-state index < -0.39 is 0 Å². The van der Waals surface area contributed by atoms with Gasteiger partial charge in [0.15, 0.2) is 17.5 Å². The maximum absolute atomic E-state index is 12.7. The first-order valence-electron chi connectivity index (χ1n) is 10.4. The molecule has 5 rings (SSSR count). The number of ether oxygens (including phenoxy) is 2. The molecule has 0 atom stereocenters. The molecule has 174 valence electrons. The fraction of sp³-hybridized carbons (Fsp3) is 0.304. The third-order valence-electron chi connectivity index (χ3n) is 5.47. The molecule has 6 nitrogen and oxygen atoms in total. The Morgan fingerprint density at radius 2 is 1.94 bits per heavy atom. The number of halogens is 3. The van der Waals surface area contributed by atoms with E-state index in [0.29, 0.717) is 28.9 Å². The van der Waals surface area contributed by atoms with E-state index in [-0.39, 0.29) is 29.5 Å². The molecule has 0 unspecified atom stereocenters. The van der Waals surface area contributed by atoms with Gasteiger partial charge in [0, 0.05) is 34.1 Å². The second-order valence-electron chi connectivity index (χ2n) is 7.58. The Morgan fingerprint density at radius 1 is 1.12 bits per heavy atom. The molecule has 0 N–H and O–H groups in total. The van der Waals surface area contributed by atoms with E-state index in [4.69, 9.17) is 32.7 Å². The van der Waals surface area contributed by atoms with E-state index in [2.05, 4.69) is 15.3 Å². The van der Waals surface area contributed by atoms with Gasteiger partial charge in [-0.25, -0.2) is 0 Å². The van der Waals surface area contributed by atoms with Crippen molar-refractivity contribution in [3.63, 3.8) is 0 Å². The maximum Gasteiger partial charge on any atom is 0.265 e. The van der Waals surface area contributed by atoms with Gasteiger partial charge in [0.2, 0.25) is 0 Å². The van der Waals surface area contributed by atoms with Gasteiger partial charge in [0.05, 0.1) is 24.5 Å². The third-order valence-corrected chi connectivity index (χ3v) is 6.84. The highest BCUT2D eigenvalue weighted by Crippen LogP contribution is 2.45. The Bertz CT molecular complexity index is 1110. The summed E-state index contributed by atoms with van der Waals surface area (Å²) in [6.07, 6.45) is 1.60. The molecule has 33 heavy (non-hydrogen) atoms. The molecule has 0 bridgehead atoms. The number of unbranched alkanes of at least 4 members (excludes halogenated alkanes) is 1. The number of rotatable bonds is 7. The zero-order valence-electron chi connectivity index (χ0n) is 17.6. The molecular weight excluding hydrogens is 549 g/mol. The van der Waals surface area contributed by atoms with Gasteiger partial charge in [-0.3, -0.25) is 9.79 Å². The fourth-order valence-corrected chi connectivity index (χ4v) is 5.23. The molecule has 3 aliphatic rings. The predicted octanol–water partition coefficient (Wildman–Crippen LogP) is 5.87. The molecule has 0 radical (unpaired) electrons. The lowest BCUT2D eigenvalue weighted by atomic mass is 10.1. The largest absolute Gasteiger partial charge is 0.494 e. The Labute approximate surface area is 217 Å². The number of amidine groups is 1. The first-order valence-corrected chi connectivity index (χ1v) is 12.1. The first kappa shape index (κ1) is 24.3. The Morgan fingerprint density at radius 3 is 2.76 bits per heavy atom. The van der Waals surface area contributed by atoms with Crippen LogP contribution in [0.4, 0.5) is 5.69 Å². The van der Waals surface area contributed by atoms with Crippen molar-refractivity contribution in [2.45, 2.75) is 12.8 Å². The van der Waals surface area contributed by atoms with Crippen molar-refractivity contribution < 1.29 is 14.3 Å². The van der Waals surface area contributed by atoms with E-state index in [1.54, 1.807) is 28.8 Å². The molecule has 0 saturated carbocycles. The van der Waals surface area contributed by atoms with Crippen molar-refractivity contribution in [3.8, 4) is 11.5 Å². The Hall–Kier alpha value is -1.87. The van der Waals surface area contributed by atoms with Crippen molar-refractivity contribution in [1.29, 1.82) is 0 Å². The van der Waals surface area contributed by atoms with Gasteiger partial charge in [-0.05, 0) is 49.2 Å². The van der Waals surface area contributed by atoms with Crippen LogP contribution in [-0.4, -0.2) is 48.8 Å². The lowest BCUT2D eigenvalue weighted by Crippen LogP contribution is -2.40. The van der Waals surface area contributed by atoms with Gasteiger partial charge in [-0.15, -0.1) is 17.0 Å². The number of fused-ring (bicyclic) bond motifs is 2. The predicted molar refractivity (Wildman–Crippen MR) is 140 cm³/mol. The van der Waals surface area contributed by atoms with Crippen molar-refractivity contribution >= 4 is 74.4 Å². The average Bonchev–Trinajstić information content (AvgIpc) is 3.40. The molecule has 2 aromatic rings. The highest BCUT2D eigenvalue weighted by Gasteiger charge is 2.33. The number of aliphatic imine (C=N–C) groups is 1. The summed E-state index contributed by atoms with van der Waals surface area (Å²) in [4.78, 5) is 21.1. The molecular formula is C23H22BrCl2N3O3S. The van der Waals surface area contributed by atoms with Crippen LogP contribution in [-0.2, 0) is 4.79 Å². The molecule has 0 saturated heterocycles. The second kappa shape index (κ2) is 10.6. The van der Waals surface area contributed by atoms with Crippen molar-refractivity contribution in [2.75, 3.05) is 37.7 Å². The third kappa shape index (κ3) is 5.14. The van der Waals surface area contributed by atoms with Gasteiger partial charge < -0.3 is 19.3 Å². The zero-order chi connectivity index (χ0) is 22.1. The SMILES string of the molecule is Br.O=C1COc2c(C3=CSC4=NCCN34)cc(Cl)cc2N1CCCCOc1ccc(Cl)cc1. The van der Waals surface area contributed by atoms with Gasteiger partial charge >= 0.3 is 0 Å². The van der Waals surface area contributed by atoms with E-state index in [1.807, 2.05) is 24.3 Å². The molecule has 2 aromatic carbocycles. The minimum atomic E-state index is -0.0671. The van der Waals surface area contributed by atoms with Crippen LogP contribution in [0.3, 0.4) is 0 Å².